The Kier molecular flexibility index (Phi) is 31.4. The van der Waals surface area contributed by atoms with Crippen molar-refractivity contribution in [2.24, 2.45) is 52.9 Å². The predicted molar refractivity (Wildman–Crippen MR) is 276 cm³/mol. The highest BCUT2D eigenvalue weighted by atomic mass is 16.4. The SMILES string of the molecule is CC(C)C[C@H](NC(=O)CN(C)C(=O)[C@H](CC(C)C)NC(=O)[C@H](CC(C)C)NC(=O)[C@H](CC(C)C)NC(=O)[C@@H](N)CC(C)C)C(=O)N[C@@H](CC(C)C)C(=O)N[C@@H](CC(C)C)C(=O)N[C@@H](CCCCN)C(=O)O. The summed E-state index contributed by atoms with van der Waals surface area (Å²) < 4.78 is 0. The van der Waals surface area contributed by atoms with E-state index in [2.05, 4.69) is 37.2 Å². The first-order chi connectivity index (χ1) is 32.9. The zero-order chi connectivity index (χ0) is 54.9. The highest BCUT2D eigenvalue weighted by molar-refractivity contribution is 5.97. The number of carboxylic acid groups (broad SMARTS) is 1. The summed E-state index contributed by atoms with van der Waals surface area (Å²) in [5.74, 6) is -6.29. The fraction of sp³-hybridized carbons (Fsp3) is 0.824. The number of carbonyl (C=O) groups is 9. The molecule has 0 aromatic heterocycles. The molecule has 0 aromatic rings. The van der Waals surface area contributed by atoms with Crippen molar-refractivity contribution in [3.63, 3.8) is 0 Å². The molecular weight excluding hydrogens is 913 g/mol. The van der Waals surface area contributed by atoms with Crippen LogP contribution in [0.3, 0.4) is 0 Å². The summed E-state index contributed by atoms with van der Waals surface area (Å²) in [6, 6.07) is -8.47. The van der Waals surface area contributed by atoms with Gasteiger partial charge in [0.1, 0.15) is 42.3 Å². The zero-order valence-corrected chi connectivity index (χ0v) is 45.9. The summed E-state index contributed by atoms with van der Waals surface area (Å²) in [5, 5.41) is 29.0. The van der Waals surface area contributed by atoms with Crippen LogP contribution < -0.4 is 48.7 Å². The van der Waals surface area contributed by atoms with Gasteiger partial charge in [0, 0.05) is 7.05 Å². The third-order valence-electron chi connectivity index (χ3n) is 11.4. The van der Waals surface area contributed by atoms with Gasteiger partial charge in [-0.1, -0.05) is 96.9 Å². The van der Waals surface area contributed by atoms with Crippen molar-refractivity contribution < 1.29 is 48.3 Å². The minimum absolute atomic E-state index is 0.0162. The molecule has 0 rings (SSSR count). The second kappa shape index (κ2) is 33.7. The molecule has 20 heteroatoms. The van der Waals surface area contributed by atoms with Crippen LogP contribution in [-0.2, 0) is 43.2 Å². The number of nitrogens with one attached hydrogen (secondary N) is 7. The van der Waals surface area contributed by atoms with Crippen LogP contribution in [0, 0.1) is 41.4 Å². The van der Waals surface area contributed by atoms with Crippen molar-refractivity contribution >= 4 is 53.2 Å². The number of carbonyl (C=O) groups excluding carboxylic acids is 8. The van der Waals surface area contributed by atoms with Crippen molar-refractivity contribution in [1.82, 2.24) is 42.1 Å². The van der Waals surface area contributed by atoms with E-state index in [4.69, 9.17) is 11.5 Å². The number of rotatable bonds is 35. The monoisotopic (exact) mass is 1010 g/mol. The van der Waals surface area contributed by atoms with Crippen LogP contribution >= 0.6 is 0 Å². The zero-order valence-electron chi connectivity index (χ0n) is 45.9. The summed E-state index contributed by atoms with van der Waals surface area (Å²) in [6.07, 6.45) is 2.91. The largest absolute Gasteiger partial charge is 0.480 e. The molecule has 0 aliphatic heterocycles. The Morgan fingerprint density at radius 2 is 0.690 bits per heavy atom. The van der Waals surface area contributed by atoms with Crippen molar-refractivity contribution in [3.8, 4) is 0 Å². The first kappa shape index (κ1) is 66.2. The van der Waals surface area contributed by atoms with E-state index in [1.54, 1.807) is 0 Å². The van der Waals surface area contributed by atoms with Crippen LogP contribution in [0.5, 0.6) is 0 Å². The van der Waals surface area contributed by atoms with Gasteiger partial charge in [-0.3, -0.25) is 38.4 Å². The van der Waals surface area contributed by atoms with Gasteiger partial charge in [0.15, 0.2) is 0 Å². The minimum atomic E-state index is -1.21. The highest BCUT2D eigenvalue weighted by Crippen LogP contribution is 2.15. The average Bonchev–Trinajstić information content (AvgIpc) is 3.22. The first-order valence-corrected chi connectivity index (χ1v) is 25.9. The summed E-state index contributed by atoms with van der Waals surface area (Å²) in [7, 11) is 1.40. The van der Waals surface area contributed by atoms with Crippen LogP contribution in [0.1, 0.15) is 161 Å². The lowest BCUT2D eigenvalue weighted by Gasteiger charge is -2.30. The number of likely N-dealkylation sites (N-methyl/N-ethyl adjacent to an activating group) is 1. The molecule has 71 heavy (non-hydrogen) atoms. The van der Waals surface area contributed by atoms with Gasteiger partial charge in [0.05, 0.1) is 12.6 Å². The van der Waals surface area contributed by atoms with Crippen LogP contribution in [0.15, 0.2) is 0 Å². The highest BCUT2D eigenvalue weighted by Gasteiger charge is 2.35. The molecule has 0 fully saturated rings. The lowest BCUT2D eigenvalue weighted by molar-refractivity contribution is -0.142. The van der Waals surface area contributed by atoms with Gasteiger partial charge >= 0.3 is 5.97 Å². The Hall–Kier alpha value is -4.85. The number of hydrogen-bond donors (Lipinski definition) is 10. The Morgan fingerprint density at radius 1 is 0.408 bits per heavy atom. The number of nitrogens with two attached hydrogens (primary N) is 2. The molecule has 0 bridgehead atoms. The van der Waals surface area contributed by atoms with Crippen LogP contribution in [0.4, 0.5) is 0 Å². The molecule has 0 spiro atoms. The van der Waals surface area contributed by atoms with Gasteiger partial charge in [0.25, 0.3) is 0 Å². The maximum absolute atomic E-state index is 14.1. The van der Waals surface area contributed by atoms with Gasteiger partial charge in [0.2, 0.25) is 47.3 Å². The fourth-order valence-corrected chi connectivity index (χ4v) is 8.01. The van der Waals surface area contributed by atoms with Crippen LogP contribution in [0.2, 0.25) is 0 Å². The lowest BCUT2D eigenvalue weighted by Crippen LogP contribution is -2.59. The minimum Gasteiger partial charge on any atom is -0.480 e. The van der Waals surface area contributed by atoms with Crippen molar-refractivity contribution in [1.29, 1.82) is 0 Å². The molecule has 0 aliphatic rings. The summed E-state index contributed by atoms with van der Waals surface area (Å²) in [5.41, 5.74) is 11.7. The van der Waals surface area contributed by atoms with Crippen molar-refractivity contribution in [3.05, 3.63) is 0 Å². The van der Waals surface area contributed by atoms with Crippen LogP contribution in [-0.4, -0.2) is 132 Å². The molecule has 12 N–H and O–H groups in total. The van der Waals surface area contributed by atoms with Gasteiger partial charge in [-0.25, -0.2) is 4.79 Å². The van der Waals surface area contributed by atoms with E-state index in [0.717, 1.165) is 4.90 Å². The Morgan fingerprint density at radius 3 is 1.00 bits per heavy atom. The lowest BCUT2D eigenvalue weighted by atomic mass is 9.98. The summed E-state index contributed by atoms with van der Waals surface area (Å²) >= 11 is 0. The van der Waals surface area contributed by atoms with Gasteiger partial charge in [-0.05, 0) is 112 Å². The Bertz CT molecular complexity index is 1710. The molecule has 8 atom stereocenters. The molecule has 0 saturated heterocycles. The predicted octanol–water partition coefficient (Wildman–Crippen LogP) is 2.70. The van der Waals surface area contributed by atoms with Crippen molar-refractivity contribution in [2.45, 2.75) is 209 Å². The Balaban J connectivity index is 6.34. The Labute approximate surface area is 425 Å². The molecule has 410 valence electrons. The summed E-state index contributed by atoms with van der Waals surface area (Å²) in [6.45, 7) is 26.2. The maximum atomic E-state index is 14.1. The van der Waals surface area contributed by atoms with Gasteiger partial charge < -0.3 is 58.7 Å². The molecule has 0 aromatic carbocycles. The molecule has 20 nitrogen and oxygen atoms in total. The van der Waals surface area contributed by atoms with Gasteiger partial charge in [-0.15, -0.1) is 0 Å². The normalized spacial score (nSPS) is 15.1. The van der Waals surface area contributed by atoms with E-state index < -0.39 is 108 Å². The molecular formula is C51H96N10O10. The topological polar surface area (TPSA) is 313 Å². The number of hydrogen-bond acceptors (Lipinski definition) is 11. The molecule has 0 unspecified atom stereocenters. The number of amides is 8. The molecule has 0 radical (unpaired) electrons. The second-order valence-electron chi connectivity index (χ2n) is 22.3. The number of aliphatic carboxylic acids is 1. The first-order valence-electron chi connectivity index (χ1n) is 25.9. The summed E-state index contributed by atoms with van der Waals surface area (Å²) in [4.78, 5) is 123. The second-order valence-corrected chi connectivity index (χ2v) is 22.3. The quantitative estimate of drug-likeness (QED) is 0.0410. The molecule has 8 amide bonds. The van der Waals surface area contributed by atoms with E-state index in [1.165, 1.54) is 7.05 Å². The molecule has 0 saturated carbocycles. The average molecular weight is 1010 g/mol. The van der Waals surface area contributed by atoms with Crippen LogP contribution in [0.25, 0.3) is 0 Å². The molecule has 0 heterocycles. The van der Waals surface area contributed by atoms with E-state index in [1.807, 2.05) is 96.9 Å². The third-order valence-corrected chi connectivity index (χ3v) is 11.4. The number of carboxylic acids is 1. The van der Waals surface area contributed by atoms with Gasteiger partial charge in [-0.2, -0.15) is 0 Å². The van der Waals surface area contributed by atoms with Crippen molar-refractivity contribution in [2.75, 3.05) is 20.1 Å². The van der Waals surface area contributed by atoms with E-state index >= 15 is 0 Å². The fourth-order valence-electron chi connectivity index (χ4n) is 8.01. The smallest absolute Gasteiger partial charge is 0.326 e. The maximum Gasteiger partial charge on any atom is 0.326 e. The standard InChI is InChI=1S/C51H96N10O10/c1-28(2)20-35(53)44(63)56-38(22-30(5)6)47(66)59-41(25-33(11)12)49(68)60-42(26-34(13)14)50(69)61(15)27-43(62)54-37(21-29(3)4)45(64)57-40(24-32(9)10)48(67)58-39(23-31(7)8)46(65)55-36(51(70)71)18-16-17-19-52/h28-42H,16-27,52-53H2,1-15H3,(H,54,62)(H,55,65)(H,56,63)(H,57,64)(H,58,67)(H,59,66)(H,60,68)(H,70,71)/t35-,36-,37-,38-,39-,40-,41-,42-/m0/s1. The van der Waals surface area contributed by atoms with E-state index in [-0.39, 0.29) is 80.0 Å². The third kappa shape index (κ3) is 28.1. The number of unbranched alkanes of at least 4 members (excludes halogenated alkanes) is 1. The van der Waals surface area contributed by atoms with E-state index in [0.29, 0.717) is 32.2 Å². The number of nitrogens with zero attached hydrogens (tertiary/aromatic N) is 1. The van der Waals surface area contributed by atoms with E-state index in [9.17, 15) is 48.3 Å². The molecule has 0 aliphatic carbocycles.